The van der Waals surface area contributed by atoms with Gasteiger partial charge in [-0.1, -0.05) is 200 Å². The predicted octanol–water partition coefficient (Wildman–Crippen LogP) is 13.2. The molecule has 1 aromatic heterocycles. The minimum Gasteiger partial charge on any atom is -0.208 e. The Kier molecular flexibility index (Phi) is 8.94. The van der Waals surface area contributed by atoms with Crippen molar-refractivity contribution in [2.24, 2.45) is 0 Å². The third-order valence-electron chi connectivity index (χ3n) is 9.78. The molecular weight excluding hydrogens is 655 g/mol. The minimum absolute atomic E-state index is 0.623. The highest BCUT2D eigenvalue weighted by Gasteiger charge is 2.16. The van der Waals surface area contributed by atoms with Crippen molar-refractivity contribution < 1.29 is 0 Å². The Morgan fingerprint density at radius 3 is 1.00 bits per heavy atom. The maximum atomic E-state index is 5.11. The Balaban J connectivity index is 1.15. The number of benzene rings is 8. The van der Waals surface area contributed by atoms with Gasteiger partial charge in [0, 0.05) is 16.7 Å². The molecule has 0 N–H and O–H groups in total. The van der Waals surface area contributed by atoms with Gasteiger partial charge >= 0.3 is 0 Å². The van der Waals surface area contributed by atoms with Gasteiger partial charge in [-0.15, -0.1) is 0 Å². The average Bonchev–Trinajstić information content (AvgIpc) is 3.27. The molecule has 0 aliphatic heterocycles. The first kappa shape index (κ1) is 32.7. The Bertz CT molecular complexity index is 2550. The second-order valence-electron chi connectivity index (χ2n) is 13.3. The van der Waals surface area contributed by atoms with Crippen LogP contribution in [0.25, 0.3) is 89.8 Å². The molecule has 0 saturated heterocycles. The Hall–Kier alpha value is -7.23. The smallest absolute Gasteiger partial charge is 0.164 e. The molecule has 0 unspecified atom stereocenters. The summed E-state index contributed by atoms with van der Waals surface area (Å²) >= 11 is 0. The monoisotopic (exact) mass is 689 g/mol. The standard InChI is InChI=1S/C51H35N3/c1-5-14-36(15-6-1)39-24-28-42(29-25-39)49-52-50(43-30-26-40(27-31-43)37-16-7-2-8-17-37)54-51(53-49)46-23-13-22-45(34-46)47-33-32-44(38-18-9-3-10-19-38)35-48(47)41-20-11-4-12-21-41/h1-35H. The van der Waals surface area contributed by atoms with Gasteiger partial charge in [0.15, 0.2) is 17.5 Å². The van der Waals surface area contributed by atoms with Crippen LogP contribution in [0, 0.1) is 0 Å². The summed E-state index contributed by atoms with van der Waals surface area (Å²) in [7, 11) is 0. The molecule has 0 amide bonds. The van der Waals surface area contributed by atoms with E-state index in [1.54, 1.807) is 0 Å². The van der Waals surface area contributed by atoms with Crippen molar-refractivity contribution in [2.75, 3.05) is 0 Å². The van der Waals surface area contributed by atoms with Crippen molar-refractivity contribution in [2.45, 2.75) is 0 Å². The summed E-state index contributed by atoms with van der Waals surface area (Å²) in [6, 6.07) is 74.2. The fourth-order valence-corrected chi connectivity index (χ4v) is 6.94. The van der Waals surface area contributed by atoms with Crippen LogP contribution in [0.3, 0.4) is 0 Å². The summed E-state index contributed by atoms with van der Waals surface area (Å²) < 4.78 is 0. The van der Waals surface area contributed by atoms with Crippen LogP contribution in [-0.4, -0.2) is 15.0 Å². The lowest BCUT2D eigenvalue weighted by atomic mass is 9.90. The first-order valence-electron chi connectivity index (χ1n) is 18.2. The topological polar surface area (TPSA) is 38.7 Å². The SMILES string of the molecule is c1ccc(-c2ccc(-c3nc(-c4ccc(-c5ccccc5)cc4)nc(-c4cccc(-c5ccc(-c6ccccc6)cc5-c5ccccc5)c4)n3)cc2)cc1. The molecule has 3 nitrogen and oxygen atoms in total. The molecule has 9 rings (SSSR count). The summed E-state index contributed by atoms with van der Waals surface area (Å²) in [5.74, 6) is 1.88. The molecule has 0 saturated carbocycles. The number of nitrogens with zero attached hydrogens (tertiary/aromatic N) is 3. The van der Waals surface area contributed by atoms with E-state index in [4.69, 9.17) is 15.0 Å². The lowest BCUT2D eigenvalue weighted by molar-refractivity contribution is 1.07. The van der Waals surface area contributed by atoms with E-state index in [0.29, 0.717) is 17.5 Å². The first-order chi connectivity index (χ1) is 26.7. The quantitative estimate of drug-likeness (QED) is 0.159. The van der Waals surface area contributed by atoms with E-state index in [0.717, 1.165) is 38.9 Å². The van der Waals surface area contributed by atoms with E-state index in [2.05, 4.69) is 200 Å². The molecule has 0 spiro atoms. The van der Waals surface area contributed by atoms with E-state index in [1.807, 2.05) is 12.1 Å². The highest BCUT2D eigenvalue weighted by Crippen LogP contribution is 2.37. The molecule has 3 heteroatoms. The van der Waals surface area contributed by atoms with Crippen LogP contribution in [0.5, 0.6) is 0 Å². The van der Waals surface area contributed by atoms with Gasteiger partial charge in [0.05, 0.1) is 0 Å². The summed E-state index contributed by atoms with van der Waals surface area (Å²) in [5, 5.41) is 0. The maximum Gasteiger partial charge on any atom is 0.164 e. The lowest BCUT2D eigenvalue weighted by Gasteiger charge is -2.14. The third kappa shape index (κ3) is 6.87. The highest BCUT2D eigenvalue weighted by molar-refractivity contribution is 5.88. The largest absolute Gasteiger partial charge is 0.208 e. The molecule has 0 aliphatic carbocycles. The zero-order valence-corrected chi connectivity index (χ0v) is 29.5. The van der Waals surface area contributed by atoms with Crippen LogP contribution in [-0.2, 0) is 0 Å². The van der Waals surface area contributed by atoms with E-state index < -0.39 is 0 Å². The van der Waals surface area contributed by atoms with Gasteiger partial charge < -0.3 is 0 Å². The summed E-state index contributed by atoms with van der Waals surface area (Å²) in [5.41, 5.74) is 14.3. The van der Waals surface area contributed by atoms with E-state index in [9.17, 15) is 0 Å². The van der Waals surface area contributed by atoms with Gasteiger partial charge in [0.2, 0.25) is 0 Å². The molecule has 9 aromatic rings. The number of aromatic nitrogens is 3. The molecule has 1 heterocycles. The molecule has 8 aromatic carbocycles. The van der Waals surface area contributed by atoms with Crippen LogP contribution in [0.2, 0.25) is 0 Å². The van der Waals surface area contributed by atoms with Gasteiger partial charge in [-0.3, -0.25) is 0 Å². The Labute approximate surface area is 316 Å². The van der Waals surface area contributed by atoms with Crippen LogP contribution in [0.15, 0.2) is 212 Å². The lowest BCUT2D eigenvalue weighted by Crippen LogP contribution is -2.00. The van der Waals surface area contributed by atoms with Gasteiger partial charge in [-0.25, -0.2) is 15.0 Å². The minimum atomic E-state index is 0.623. The number of rotatable bonds is 8. The van der Waals surface area contributed by atoms with Gasteiger partial charge in [-0.05, 0) is 67.8 Å². The molecule has 0 radical (unpaired) electrons. The Morgan fingerprint density at radius 2 is 0.519 bits per heavy atom. The van der Waals surface area contributed by atoms with Gasteiger partial charge in [0.1, 0.15) is 0 Å². The van der Waals surface area contributed by atoms with Crippen LogP contribution >= 0.6 is 0 Å². The summed E-state index contributed by atoms with van der Waals surface area (Å²) in [6.07, 6.45) is 0. The van der Waals surface area contributed by atoms with Crippen molar-refractivity contribution >= 4 is 0 Å². The maximum absolute atomic E-state index is 5.11. The van der Waals surface area contributed by atoms with Crippen LogP contribution in [0.4, 0.5) is 0 Å². The molecule has 0 bridgehead atoms. The second kappa shape index (κ2) is 14.8. The van der Waals surface area contributed by atoms with Crippen LogP contribution in [0.1, 0.15) is 0 Å². The van der Waals surface area contributed by atoms with Crippen molar-refractivity contribution in [3.63, 3.8) is 0 Å². The Morgan fingerprint density at radius 1 is 0.185 bits per heavy atom. The second-order valence-corrected chi connectivity index (χ2v) is 13.3. The van der Waals surface area contributed by atoms with Crippen molar-refractivity contribution in [1.29, 1.82) is 0 Å². The third-order valence-corrected chi connectivity index (χ3v) is 9.78. The summed E-state index contributed by atoms with van der Waals surface area (Å²) in [6.45, 7) is 0. The van der Waals surface area contributed by atoms with Crippen molar-refractivity contribution in [1.82, 2.24) is 15.0 Å². The predicted molar refractivity (Wildman–Crippen MR) is 223 cm³/mol. The van der Waals surface area contributed by atoms with Gasteiger partial charge in [0.25, 0.3) is 0 Å². The summed E-state index contributed by atoms with van der Waals surface area (Å²) in [4.78, 5) is 15.3. The molecular formula is C51H35N3. The molecule has 0 fully saturated rings. The first-order valence-corrected chi connectivity index (χ1v) is 18.2. The van der Waals surface area contributed by atoms with Crippen molar-refractivity contribution in [3.05, 3.63) is 212 Å². The molecule has 0 aliphatic rings. The van der Waals surface area contributed by atoms with E-state index in [-0.39, 0.29) is 0 Å². The van der Waals surface area contributed by atoms with E-state index >= 15 is 0 Å². The van der Waals surface area contributed by atoms with Gasteiger partial charge in [-0.2, -0.15) is 0 Å². The molecule has 0 atom stereocenters. The molecule has 54 heavy (non-hydrogen) atoms. The van der Waals surface area contributed by atoms with Crippen molar-refractivity contribution in [3.8, 4) is 89.8 Å². The zero-order valence-electron chi connectivity index (χ0n) is 29.5. The van der Waals surface area contributed by atoms with Crippen LogP contribution < -0.4 is 0 Å². The average molecular weight is 690 g/mol. The van der Waals surface area contributed by atoms with E-state index in [1.165, 1.54) is 33.4 Å². The highest BCUT2D eigenvalue weighted by atomic mass is 15.0. The molecule has 254 valence electrons. The number of hydrogen-bond donors (Lipinski definition) is 0. The number of hydrogen-bond acceptors (Lipinski definition) is 3. The normalized spacial score (nSPS) is 11.0. The zero-order chi connectivity index (χ0) is 36.1. The fourth-order valence-electron chi connectivity index (χ4n) is 6.94. The fraction of sp³-hybridized carbons (Fsp3) is 0.